The van der Waals surface area contributed by atoms with E-state index in [2.05, 4.69) is 15.9 Å². The first kappa shape index (κ1) is 18.5. The Kier molecular flexibility index (Phi) is 8.00. The smallest absolute Gasteiger partial charge is 0.303 e. The molecule has 0 saturated heterocycles. The van der Waals surface area contributed by atoms with Gasteiger partial charge in [-0.25, -0.2) is 0 Å². The SMILES string of the molecule is CC(=O)O[C@H]([C@@H](CO)OC(C)=O)[C@@H](OC(C)=O)C(=O)Br. The Morgan fingerprint density at radius 3 is 1.70 bits per heavy atom. The van der Waals surface area contributed by atoms with Crippen molar-refractivity contribution in [1.29, 1.82) is 0 Å². The lowest BCUT2D eigenvalue weighted by atomic mass is 10.1. The zero-order valence-corrected chi connectivity index (χ0v) is 12.7. The highest BCUT2D eigenvalue weighted by molar-refractivity contribution is 9.18. The fourth-order valence-corrected chi connectivity index (χ4v) is 1.72. The number of aliphatic hydroxyl groups excluding tert-OH is 1. The molecule has 3 atom stereocenters. The Labute approximate surface area is 123 Å². The summed E-state index contributed by atoms with van der Waals surface area (Å²) in [6.45, 7) is 2.45. The molecule has 0 rings (SSSR count). The molecule has 0 amide bonds. The molecule has 0 saturated carbocycles. The summed E-state index contributed by atoms with van der Waals surface area (Å²) in [6.07, 6.45) is -4.35. The number of halogens is 1. The zero-order valence-electron chi connectivity index (χ0n) is 11.1. The maximum absolute atomic E-state index is 11.4. The number of rotatable bonds is 7. The van der Waals surface area contributed by atoms with E-state index in [1.807, 2.05) is 0 Å². The van der Waals surface area contributed by atoms with Crippen molar-refractivity contribution in [3.05, 3.63) is 0 Å². The Bertz CT molecular complexity index is 394. The third-order valence-electron chi connectivity index (χ3n) is 1.98. The van der Waals surface area contributed by atoms with Crippen molar-refractivity contribution in [2.24, 2.45) is 0 Å². The van der Waals surface area contributed by atoms with Crippen molar-refractivity contribution in [3.8, 4) is 0 Å². The van der Waals surface area contributed by atoms with E-state index >= 15 is 0 Å². The molecule has 0 aromatic carbocycles. The van der Waals surface area contributed by atoms with Crippen molar-refractivity contribution in [1.82, 2.24) is 0 Å². The van der Waals surface area contributed by atoms with Crippen LogP contribution in [0.25, 0.3) is 0 Å². The van der Waals surface area contributed by atoms with Gasteiger partial charge in [0.25, 0.3) is 0 Å². The first-order chi connectivity index (χ1) is 9.18. The lowest BCUT2D eigenvalue weighted by Crippen LogP contribution is -2.49. The fraction of sp³-hybridized carbons (Fsp3) is 0.636. The van der Waals surface area contributed by atoms with Crippen LogP contribution in [0.2, 0.25) is 0 Å². The van der Waals surface area contributed by atoms with Crippen molar-refractivity contribution in [3.63, 3.8) is 0 Å². The van der Waals surface area contributed by atoms with Crippen LogP contribution in [0.5, 0.6) is 0 Å². The number of carbonyl (C=O) groups is 4. The summed E-state index contributed by atoms with van der Waals surface area (Å²) in [4.78, 5) is 44.4. The number of carbonyl (C=O) groups excluding carboxylic acids is 4. The summed E-state index contributed by atoms with van der Waals surface area (Å²) in [6, 6.07) is 0. The molecule has 9 heteroatoms. The Morgan fingerprint density at radius 1 is 0.950 bits per heavy atom. The standard InChI is InChI=1S/C11H15BrO8/c1-5(14)18-8(4-13)9(19-6(2)15)10(11(12)17)20-7(3)16/h8-10,13H,4H2,1-3H3/t8-,9-,10-/m1/s1. The quantitative estimate of drug-likeness (QED) is 0.376. The summed E-state index contributed by atoms with van der Waals surface area (Å²) in [5.74, 6) is -2.37. The highest BCUT2D eigenvalue weighted by atomic mass is 79.9. The van der Waals surface area contributed by atoms with Crippen molar-refractivity contribution in [2.75, 3.05) is 6.61 Å². The minimum Gasteiger partial charge on any atom is -0.456 e. The van der Waals surface area contributed by atoms with Gasteiger partial charge in [0.15, 0.2) is 12.2 Å². The van der Waals surface area contributed by atoms with E-state index in [0.717, 1.165) is 20.8 Å². The Morgan fingerprint density at radius 2 is 1.40 bits per heavy atom. The van der Waals surface area contributed by atoms with Gasteiger partial charge in [0, 0.05) is 20.8 Å². The predicted octanol–water partition coefficient (Wildman–Crippen LogP) is -0.305. The number of hydrogen-bond donors (Lipinski definition) is 1. The molecule has 1 N–H and O–H groups in total. The number of ether oxygens (including phenoxy) is 3. The van der Waals surface area contributed by atoms with Crippen LogP contribution < -0.4 is 0 Å². The molecule has 0 aromatic heterocycles. The van der Waals surface area contributed by atoms with Crippen LogP contribution in [0.1, 0.15) is 20.8 Å². The van der Waals surface area contributed by atoms with Crippen LogP contribution in [0.3, 0.4) is 0 Å². The van der Waals surface area contributed by atoms with Gasteiger partial charge in [-0.3, -0.25) is 19.2 Å². The van der Waals surface area contributed by atoms with E-state index in [9.17, 15) is 24.3 Å². The van der Waals surface area contributed by atoms with Gasteiger partial charge < -0.3 is 19.3 Å². The van der Waals surface area contributed by atoms with E-state index in [4.69, 9.17) is 14.2 Å². The lowest BCUT2D eigenvalue weighted by Gasteiger charge is -2.29. The maximum atomic E-state index is 11.4. The predicted molar refractivity (Wildman–Crippen MR) is 67.7 cm³/mol. The molecule has 0 aromatic rings. The summed E-state index contributed by atoms with van der Waals surface area (Å²) < 4.78 is 13.5. The van der Waals surface area contributed by atoms with E-state index in [-0.39, 0.29) is 0 Å². The zero-order chi connectivity index (χ0) is 15.9. The Balaban J connectivity index is 5.33. The normalized spacial score (nSPS) is 14.7. The molecular weight excluding hydrogens is 340 g/mol. The van der Waals surface area contributed by atoms with E-state index in [1.54, 1.807) is 0 Å². The van der Waals surface area contributed by atoms with Crippen LogP contribution in [-0.2, 0) is 33.4 Å². The van der Waals surface area contributed by atoms with Gasteiger partial charge in [-0.2, -0.15) is 0 Å². The second-order valence-corrected chi connectivity index (χ2v) is 4.52. The topological polar surface area (TPSA) is 116 Å². The molecule has 0 aliphatic carbocycles. The molecule has 0 bridgehead atoms. The van der Waals surface area contributed by atoms with Crippen LogP contribution in [0, 0.1) is 0 Å². The average molecular weight is 355 g/mol. The molecule has 0 heterocycles. The summed E-state index contributed by atoms with van der Waals surface area (Å²) in [5, 5.41) is 9.19. The molecule has 0 radical (unpaired) electrons. The molecule has 0 aliphatic heterocycles. The minimum atomic E-state index is -1.55. The lowest BCUT2D eigenvalue weighted by molar-refractivity contribution is -0.186. The third-order valence-corrected chi connectivity index (χ3v) is 2.43. The monoisotopic (exact) mass is 354 g/mol. The Hall–Kier alpha value is -1.48. The molecule has 0 fully saturated rings. The summed E-state index contributed by atoms with van der Waals surface area (Å²) in [5.41, 5.74) is 0. The highest BCUT2D eigenvalue weighted by Gasteiger charge is 2.40. The van der Waals surface area contributed by atoms with Gasteiger partial charge in [-0.05, 0) is 15.9 Å². The second kappa shape index (κ2) is 8.64. The van der Waals surface area contributed by atoms with Gasteiger partial charge in [0.2, 0.25) is 10.8 Å². The van der Waals surface area contributed by atoms with Crippen LogP contribution >= 0.6 is 15.9 Å². The van der Waals surface area contributed by atoms with Gasteiger partial charge in [-0.1, -0.05) is 0 Å². The summed E-state index contributed by atoms with van der Waals surface area (Å²) >= 11 is 2.59. The number of hydrogen-bond acceptors (Lipinski definition) is 8. The van der Waals surface area contributed by atoms with E-state index in [0.29, 0.717) is 0 Å². The van der Waals surface area contributed by atoms with Gasteiger partial charge in [-0.15, -0.1) is 0 Å². The average Bonchev–Trinajstić information content (AvgIpc) is 2.29. The molecule has 0 spiro atoms. The maximum Gasteiger partial charge on any atom is 0.303 e. The largest absolute Gasteiger partial charge is 0.456 e. The van der Waals surface area contributed by atoms with Gasteiger partial charge in [0.1, 0.15) is 0 Å². The number of esters is 3. The molecule has 114 valence electrons. The fourth-order valence-electron chi connectivity index (χ4n) is 1.37. The van der Waals surface area contributed by atoms with Crippen molar-refractivity contribution >= 4 is 38.5 Å². The summed E-state index contributed by atoms with van der Waals surface area (Å²) in [7, 11) is 0. The number of aliphatic hydroxyl groups is 1. The molecule has 0 aliphatic rings. The van der Waals surface area contributed by atoms with Crippen molar-refractivity contribution < 1.29 is 38.5 Å². The molecular formula is C11H15BrO8. The van der Waals surface area contributed by atoms with Crippen molar-refractivity contribution in [2.45, 2.75) is 39.1 Å². The van der Waals surface area contributed by atoms with Crippen LogP contribution in [0.15, 0.2) is 0 Å². The molecule has 20 heavy (non-hydrogen) atoms. The van der Waals surface area contributed by atoms with E-state index < -0.39 is 47.5 Å². The first-order valence-corrected chi connectivity index (χ1v) is 6.30. The van der Waals surface area contributed by atoms with Gasteiger partial charge in [0.05, 0.1) is 6.61 Å². The van der Waals surface area contributed by atoms with Gasteiger partial charge >= 0.3 is 17.9 Å². The highest BCUT2D eigenvalue weighted by Crippen LogP contribution is 2.16. The third kappa shape index (κ3) is 6.62. The molecule has 8 nitrogen and oxygen atoms in total. The first-order valence-electron chi connectivity index (χ1n) is 5.50. The van der Waals surface area contributed by atoms with E-state index in [1.165, 1.54) is 0 Å². The second-order valence-electron chi connectivity index (χ2n) is 3.74. The molecule has 0 unspecified atom stereocenters. The van der Waals surface area contributed by atoms with Crippen LogP contribution in [-0.4, -0.2) is 52.6 Å². The minimum absolute atomic E-state index is 0.727. The van der Waals surface area contributed by atoms with Crippen LogP contribution in [0.4, 0.5) is 0 Å².